The maximum absolute atomic E-state index is 13.1. The number of halogens is 2. The summed E-state index contributed by atoms with van der Waals surface area (Å²) in [4.78, 5) is 25.0. The summed E-state index contributed by atoms with van der Waals surface area (Å²) in [6.07, 6.45) is 0.597. The predicted octanol–water partition coefficient (Wildman–Crippen LogP) is 2.31. The van der Waals surface area contributed by atoms with E-state index in [4.69, 9.17) is 4.74 Å². The third-order valence-electron chi connectivity index (χ3n) is 2.81. The number of nitrogens with zero attached hydrogens (tertiary/aromatic N) is 1. The molecule has 0 spiro atoms. The van der Waals surface area contributed by atoms with Gasteiger partial charge >= 0.3 is 5.97 Å². The van der Waals surface area contributed by atoms with Gasteiger partial charge in [-0.25, -0.2) is 8.78 Å². The number of rotatable bonds is 7. The topological polar surface area (TPSA) is 46.6 Å². The molecule has 0 saturated heterocycles. The molecule has 0 aliphatic rings. The van der Waals surface area contributed by atoms with Crippen LogP contribution in [-0.2, 0) is 20.7 Å². The third-order valence-corrected chi connectivity index (χ3v) is 2.81. The number of hydrogen-bond donors (Lipinski definition) is 0. The van der Waals surface area contributed by atoms with E-state index in [2.05, 4.69) is 0 Å². The minimum atomic E-state index is -0.993. The molecular weight excluding hydrogens is 280 g/mol. The minimum Gasteiger partial charge on any atom is -0.465 e. The number of ether oxygens (including phenoxy) is 1. The summed E-state index contributed by atoms with van der Waals surface area (Å²) in [5.41, 5.74) is 0.365. The lowest BCUT2D eigenvalue weighted by Crippen LogP contribution is -2.38. The van der Waals surface area contributed by atoms with Crippen LogP contribution in [0.15, 0.2) is 18.2 Å². The van der Waals surface area contributed by atoms with Gasteiger partial charge in [-0.3, -0.25) is 9.59 Å². The summed E-state index contributed by atoms with van der Waals surface area (Å²) >= 11 is 0. The molecule has 1 rings (SSSR count). The van der Waals surface area contributed by atoms with Crippen molar-refractivity contribution >= 4 is 11.9 Å². The molecular formula is C15H19F2NO3. The molecule has 1 aromatic rings. The van der Waals surface area contributed by atoms with Gasteiger partial charge in [0.25, 0.3) is 0 Å². The Hall–Kier alpha value is -1.98. The van der Waals surface area contributed by atoms with Crippen LogP contribution in [0.3, 0.4) is 0 Å². The van der Waals surface area contributed by atoms with Gasteiger partial charge in [0.1, 0.15) is 6.54 Å². The van der Waals surface area contributed by atoms with Crippen LogP contribution in [0.1, 0.15) is 25.8 Å². The average molecular weight is 299 g/mol. The van der Waals surface area contributed by atoms with E-state index in [1.165, 1.54) is 11.0 Å². The maximum atomic E-state index is 13.1. The fourth-order valence-electron chi connectivity index (χ4n) is 1.86. The zero-order valence-corrected chi connectivity index (χ0v) is 12.2. The van der Waals surface area contributed by atoms with E-state index in [-0.39, 0.29) is 25.5 Å². The van der Waals surface area contributed by atoms with Crippen molar-refractivity contribution in [3.63, 3.8) is 0 Å². The van der Waals surface area contributed by atoms with Crippen molar-refractivity contribution in [1.29, 1.82) is 0 Å². The molecule has 116 valence electrons. The van der Waals surface area contributed by atoms with Crippen molar-refractivity contribution in [3.8, 4) is 0 Å². The summed E-state index contributed by atoms with van der Waals surface area (Å²) < 4.78 is 30.8. The van der Waals surface area contributed by atoms with Crippen LogP contribution < -0.4 is 0 Å². The molecule has 21 heavy (non-hydrogen) atoms. The Morgan fingerprint density at radius 2 is 1.90 bits per heavy atom. The van der Waals surface area contributed by atoms with Gasteiger partial charge < -0.3 is 9.64 Å². The van der Waals surface area contributed by atoms with Gasteiger partial charge in [0, 0.05) is 6.54 Å². The van der Waals surface area contributed by atoms with Crippen molar-refractivity contribution in [1.82, 2.24) is 4.90 Å². The largest absolute Gasteiger partial charge is 0.465 e. The van der Waals surface area contributed by atoms with Gasteiger partial charge in [0.15, 0.2) is 11.6 Å². The number of esters is 1. The molecule has 1 aromatic carbocycles. The molecule has 0 aliphatic heterocycles. The molecule has 6 heteroatoms. The molecule has 4 nitrogen and oxygen atoms in total. The normalized spacial score (nSPS) is 10.3. The lowest BCUT2D eigenvalue weighted by atomic mass is 10.1. The fraction of sp³-hybridized carbons (Fsp3) is 0.467. The standard InChI is InChI=1S/C15H19F2NO3/c1-3-7-18(10-15(20)21-4-2)14(19)9-11-5-6-12(16)13(17)8-11/h5-6,8H,3-4,7,9-10H2,1-2H3. The van der Waals surface area contributed by atoms with E-state index in [0.717, 1.165) is 12.1 Å². The van der Waals surface area contributed by atoms with E-state index in [0.29, 0.717) is 18.5 Å². The highest BCUT2D eigenvalue weighted by atomic mass is 19.2. The van der Waals surface area contributed by atoms with Crippen LogP contribution in [0.5, 0.6) is 0 Å². The van der Waals surface area contributed by atoms with E-state index in [1.807, 2.05) is 6.92 Å². The Kier molecular flexibility index (Phi) is 6.78. The first-order valence-corrected chi connectivity index (χ1v) is 6.85. The smallest absolute Gasteiger partial charge is 0.325 e. The van der Waals surface area contributed by atoms with E-state index >= 15 is 0 Å². The highest BCUT2D eigenvalue weighted by Gasteiger charge is 2.18. The molecule has 0 fully saturated rings. The summed E-state index contributed by atoms with van der Waals surface area (Å²) in [7, 11) is 0. The number of carbonyl (C=O) groups excluding carboxylic acids is 2. The summed E-state index contributed by atoms with van der Waals surface area (Å²) in [5, 5.41) is 0. The Morgan fingerprint density at radius 3 is 2.48 bits per heavy atom. The molecule has 1 amide bonds. The van der Waals surface area contributed by atoms with Crippen molar-refractivity contribution in [3.05, 3.63) is 35.4 Å². The molecule has 0 bridgehead atoms. The molecule has 0 aromatic heterocycles. The van der Waals surface area contributed by atoms with Gasteiger partial charge in [0.2, 0.25) is 5.91 Å². The SMILES string of the molecule is CCCN(CC(=O)OCC)C(=O)Cc1ccc(F)c(F)c1. The fourth-order valence-corrected chi connectivity index (χ4v) is 1.86. The van der Waals surface area contributed by atoms with Crippen molar-refractivity contribution in [2.24, 2.45) is 0 Å². The Bertz CT molecular complexity index is 506. The van der Waals surface area contributed by atoms with Crippen LogP contribution in [0, 0.1) is 11.6 Å². The molecule has 0 atom stereocenters. The Balaban J connectivity index is 2.71. The second-order valence-corrected chi connectivity index (χ2v) is 4.55. The number of amides is 1. The van der Waals surface area contributed by atoms with Gasteiger partial charge in [-0.2, -0.15) is 0 Å². The van der Waals surface area contributed by atoms with Gasteiger partial charge in [0.05, 0.1) is 13.0 Å². The van der Waals surface area contributed by atoms with Crippen molar-refractivity contribution in [2.45, 2.75) is 26.7 Å². The van der Waals surface area contributed by atoms with Gasteiger partial charge in [-0.15, -0.1) is 0 Å². The highest BCUT2D eigenvalue weighted by Crippen LogP contribution is 2.10. The average Bonchev–Trinajstić information content (AvgIpc) is 2.42. The minimum absolute atomic E-state index is 0.0867. The molecule has 0 heterocycles. The number of hydrogen-bond acceptors (Lipinski definition) is 3. The lowest BCUT2D eigenvalue weighted by Gasteiger charge is -2.21. The Morgan fingerprint density at radius 1 is 1.19 bits per heavy atom. The highest BCUT2D eigenvalue weighted by molar-refractivity contribution is 5.83. The molecule has 0 radical (unpaired) electrons. The zero-order valence-electron chi connectivity index (χ0n) is 12.2. The summed E-state index contributed by atoms with van der Waals surface area (Å²) in [6.45, 7) is 4.08. The molecule has 0 N–H and O–H groups in total. The van der Waals surface area contributed by atoms with Crippen LogP contribution in [0.25, 0.3) is 0 Å². The lowest BCUT2D eigenvalue weighted by molar-refractivity contribution is -0.148. The first-order chi connectivity index (χ1) is 9.97. The van der Waals surface area contributed by atoms with Crippen LogP contribution >= 0.6 is 0 Å². The third kappa shape index (κ3) is 5.49. The van der Waals surface area contributed by atoms with Crippen molar-refractivity contribution in [2.75, 3.05) is 19.7 Å². The van der Waals surface area contributed by atoms with E-state index in [1.54, 1.807) is 6.92 Å². The number of carbonyl (C=O) groups is 2. The first kappa shape index (κ1) is 17.1. The summed E-state index contributed by atoms with van der Waals surface area (Å²) in [5.74, 6) is -2.75. The zero-order chi connectivity index (χ0) is 15.8. The second kappa shape index (κ2) is 8.34. The summed E-state index contributed by atoms with van der Waals surface area (Å²) in [6, 6.07) is 3.32. The van der Waals surface area contributed by atoms with E-state index < -0.39 is 17.6 Å². The van der Waals surface area contributed by atoms with Crippen LogP contribution in [0.4, 0.5) is 8.78 Å². The van der Waals surface area contributed by atoms with E-state index in [9.17, 15) is 18.4 Å². The maximum Gasteiger partial charge on any atom is 0.325 e. The predicted molar refractivity (Wildman–Crippen MR) is 73.6 cm³/mol. The van der Waals surface area contributed by atoms with Crippen LogP contribution in [0.2, 0.25) is 0 Å². The second-order valence-electron chi connectivity index (χ2n) is 4.55. The van der Waals surface area contributed by atoms with Gasteiger partial charge in [-0.05, 0) is 31.0 Å². The quantitative estimate of drug-likeness (QED) is 0.726. The first-order valence-electron chi connectivity index (χ1n) is 6.85. The van der Waals surface area contributed by atoms with Crippen LogP contribution in [-0.4, -0.2) is 36.5 Å². The molecule has 0 saturated carbocycles. The van der Waals surface area contributed by atoms with Crippen molar-refractivity contribution < 1.29 is 23.1 Å². The molecule has 0 aliphatic carbocycles. The monoisotopic (exact) mass is 299 g/mol. The molecule has 0 unspecified atom stereocenters. The Labute approximate surface area is 122 Å². The number of benzene rings is 1. The van der Waals surface area contributed by atoms with Gasteiger partial charge in [-0.1, -0.05) is 13.0 Å².